The smallest absolute Gasteiger partial charge is 0.379 e. The van der Waals surface area contributed by atoms with E-state index >= 15 is 0 Å². The lowest BCUT2D eigenvalue weighted by Crippen LogP contribution is -2.14. The van der Waals surface area contributed by atoms with E-state index in [-0.39, 0.29) is 19.8 Å². The molecule has 0 radical (unpaired) electrons. The van der Waals surface area contributed by atoms with Gasteiger partial charge in [0.1, 0.15) is 0 Å². The molecule has 0 aromatic carbocycles. The molecule has 234 valence electrons. The highest BCUT2D eigenvalue weighted by atomic mass is 33.1. The molecule has 0 saturated heterocycles. The highest BCUT2D eigenvalue weighted by molar-refractivity contribution is 8.76. The standard InChI is InChI=1S/C28H58NO7PS2/c1-29-17-13-18-32-20-21-33-22-23-34-24-25-36-37(30,31)35-19-10-3-5-12-27-39-38-26-11-4-2-7-14-28-15-8-6-9-16-28/h28-29H,2-27H2,1H3,(H,30,31). The Morgan fingerprint density at radius 3 is 1.85 bits per heavy atom. The fourth-order valence-corrected chi connectivity index (χ4v) is 7.51. The molecule has 1 fully saturated rings. The lowest BCUT2D eigenvalue weighted by atomic mass is 9.85. The SMILES string of the molecule is CNCCCOCCOCCOCCOP(=O)(O)OCCCCCCSSCCCCCCC1CCCCC1. The lowest BCUT2D eigenvalue weighted by Gasteiger charge is -2.21. The summed E-state index contributed by atoms with van der Waals surface area (Å²) < 4.78 is 38.1. The number of unbranched alkanes of at least 4 members (excludes halogenated alkanes) is 6. The van der Waals surface area contributed by atoms with Crippen molar-refractivity contribution < 1.29 is 32.7 Å². The minimum atomic E-state index is -4.01. The average Bonchev–Trinajstić information content (AvgIpc) is 2.94. The van der Waals surface area contributed by atoms with E-state index in [0.717, 1.165) is 44.8 Å². The summed E-state index contributed by atoms with van der Waals surface area (Å²) in [5, 5.41) is 3.07. The van der Waals surface area contributed by atoms with Crippen molar-refractivity contribution in [2.24, 2.45) is 5.92 Å². The third-order valence-corrected chi connectivity index (χ3v) is 10.3. The van der Waals surface area contributed by atoms with E-state index in [9.17, 15) is 9.46 Å². The van der Waals surface area contributed by atoms with Gasteiger partial charge >= 0.3 is 7.82 Å². The maximum atomic E-state index is 11.9. The van der Waals surface area contributed by atoms with E-state index in [1.807, 2.05) is 28.6 Å². The number of phosphoric acid groups is 1. The van der Waals surface area contributed by atoms with Crippen LogP contribution in [0, 0.1) is 5.92 Å². The maximum absolute atomic E-state index is 11.9. The second-order valence-electron chi connectivity index (χ2n) is 10.2. The zero-order valence-corrected chi connectivity index (χ0v) is 27.1. The van der Waals surface area contributed by atoms with Crippen molar-refractivity contribution in [3.8, 4) is 0 Å². The van der Waals surface area contributed by atoms with Gasteiger partial charge in [-0.2, -0.15) is 0 Å². The van der Waals surface area contributed by atoms with Crippen LogP contribution in [-0.2, 0) is 27.8 Å². The van der Waals surface area contributed by atoms with Gasteiger partial charge in [0.25, 0.3) is 0 Å². The monoisotopic (exact) mass is 615 g/mol. The van der Waals surface area contributed by atoms with Crippen molar-refractivity contribution in [2.75, 3.05) is 78.0 Å². The quantitative estimate of drug-likeness (QED) is 0.0489. The molecule has 0 heterocycles. The number of hydrogen-bond donors (Lipinski definition) is 2. The van der Waals surface area contributed by atoms with E-state index in [2.05, 4.69) is 5.32 Å². The molecule has 2 N–H and O–H groups in total. The Bertz CT molecular complexity index is 560. The summed E-state index contributed by atoms with van der Waals surface area (Å²) in [4.78, 5) is 9.75. The Morgan fingerprint density at radius 1 is 0.667 bits per heavy atom. The highest BCUT2D eigenvalue weighted by Gasteiger charge is 2.20. The average molecular weight is 616 g/mol. The van der Waals surface area contributed by atoms with Crippen LogP contribution in [0.4, 0.5) is 0 Å². The molecule has 1 aliphatic rings. The van der Waals surface area contributed by atoms with Crippen molar-refractivity contribution in [2.45, 2.75) is 96.3 Å². The van der Waals surface area contributed by atoms with Crippen LogP contribution in [0.15, 0.2) is 0 Å². The molecule has 8 nitrogen and oxygen atoms in total. The van der Waals surface area contributed by atoms with Gasteiger partial charge in [-0.05, 0) is 45.2 Å². The van der Waals surface area contributed by atoms with Crippen LogP contribution in [0.2, 0.25) is 0 Å². The Hall–Kier alpha value is 0.650. The van der Waals surface area contributed by atoms with Gasteiger partial charge < -0.3 is 24.4 Å². The molecule has 0 spiro atoms. The van der Waals surface area contributed by atoms with Crippen molar-refractivity contribution in [3.05, 3.63) is 0 Å². The molecule has 1 saturated carbocycles. The van der Waals surface area contributed by atoms with E-state index in [1.165, 1.54) is 82.1 Å². The molecule has 0 amide bonds. The molecule has 1 rings (SSSR count). The van der Waals surface area contributed by atoms with Crippen LogP contribution in [0.1, 0.15) is 96.3 Å². The van der Waals surface area contributed by atoms with Crippen molar-refractivity contribution in [1.82, 2.24) is 5.32 Å². The number of ether oxygens (including phenoxy) is 3. The van der Waals surface area contributed by atoms with Crippen LogP contribution in [-0.4, -0.2) is 82.8 Å². The van der Waals surface area contributed by atoms with Gasteiger partial charge in [-0.1, -0.05) is 92.2 Å². The van der Waals surface area contributed by atoms with Gasteiger partial charge in [0.15, 0.2) is 0 Å². The highest BCUT2D eigenvalue weighted by Crippen LogP contribution is 2.43. The maximum Gasteiger partial charge on any atom is 0.472 e. The first-order valence-electron chi connectivity index (χ1n) is 15.4. The van der Waals surface area contributed by atoms with Gasteiger partial charge in [-0.25, -0.2) is 4.57 Å². The molecule has 39 heavy (non-hydrogen) atoms. The van der Waals surface area contributed by atoms with Crippen LogP contribution < -0.4 is 5.32 Å². The molecule has 0 aromatic rings. The fraction of sp³-hybridized carbons (Fsp3) is 1.00. The Kier molecular flexibility index (Phi) is 27.8. The van der Waals surface area contributed by atoms with Crippen molar-refractivity contribution in [1.29, 1.82) is 0 Å². The van der Waals surface area contributed by atoms with Gasteiger partial charge in [-0.3, -0.25) is 9.05 Å². The van der Waals surface area contributed by atoms with E-state index in [0.29, 0.717) is 26.4 Å². The summed E-state index contributed by atoms with van der Waals surface area (Å²) in [7, 11) is 1.91. The first-order valence-corrected chi connectivity index (χ1v) is 19.4. The topological polar surface area (TPSA) is 95.5 Å². The van der Waals surface area contributed by atoms with Crippen LogP contribution in [0.25, 0.3) is 0 Å². The summed E-state index contributed by atoms with van der Waals surface area (Å²) in [5.74, 6) is 3.47. The Labute approximate surface area is 247 Å². The molecular formula is C28H58NO7PS2. The Morgan fingerprint density at radius 2 is 1.21 bits per heavy atom. The Balaban J connectivity index is 1.74. The first-order chi connectivity index (χ1) is 19.1. The number of nitrogens with one attached hydrogen (secondary N) is 1. The molecule has 1 unspecified atom stereocenters. The van der Waals surface area contributed by atoms with Crippen LogP contribution in [0.3, 0.4) is 0 Å². The molecular weight excluding hydrogens is 557 g/mol. The van der Waals surface area contributed by atoms with E-state index in [4.69, 9.17) is 23.3 Å². The zero-order valence-electron chi connectivity index (χ0n) is 24.6. The summed E-state index contributed by atoms with van der Waals surface area (Å²) in [6.07, 6.45) is 19.4. The summed E-state index contributed by atoms with van der Waals surface area (Å²) >= 11 is 0. The van der Waals surface area contributed by atoms with Crippen molar-refractivity contribution in [3.63, 3.8) is 0 Å². The largest absolute Gasteiger partial charge is 0.472 e. The molecule has 0 aliphatic heterocycles. The molecule has 1 atom stereocenters. The van der Waals surface area contributed by atoms with Crippen molar-refractivity contribution >= 4 is 29.4 Å². The van der Waals surface area contributed by atoms with Gasteiger partial charge in [-0.15, -0.1) is 0 Å². The summed E-state index contributed by atoms with van der Waals surface area (Å²) in [6, 6.07) is 0. The van der Waals surface area contributed by atoms with E-state index < -0.39 is 7.82 Å². The fourth-order valence-electron chi connectivity index (χ4n) is 4.48. The number of hydrogen-bond acceptors (Lipinski definition) is 9. The summed E-state index contributed by atoms with van der Waals surface area (Å²) in [5.41, 5.74) is 0. The van der Waals surface area contributed by atoms with Gasteiger partial charge in [0.05, 0.1) is 46.2 Å². The minimum Gasteiger partial charge on any atom is -0.379 e. The van der Waals surface area contributed by atoms with Crippen LogP contribution in [0.5, 0.6) is 0 Å². The van der Waals surface area contributed by atoms with Gasteiger partial charge in [0, 0.05) is 18.1 Å². The third kappa shape index (κ3) is 27.2. The predicted molar refractivity (Wildman–Crippen MR) is 166 cm³/mol. The second-order valence-corrected chi connectivity index (χ2v) is 14.3. The third-order valence-electron chi connectivity index (χ3n) is 6.72. The van der Waals surface area contributed by atoms with Crippen LogP contribution >= 0.6 is 29.4 Å². The minimum absolute atomic E-state index is 0.0116. The number of phosphoric ester groups is 1. The molecule has 1 aliphatic carbocycles. The predicted octanol–water partition coefficient (Wildman–Crippen LogP) is 7.25. The molecule has 11 heteroatoms. The summed E-state index contributed by atoms with van der Waals surface area (Å²) in [6.45, 7) is 4.07. The van der Waals surface area contributed by atoms with Gasteiger partial charge in [0.2, 0.25) is 0 Å². The zero-order chi connectivity index (χ0) is 28.1. The lowest BCUT2D eigenvalue weighted by molar-refractivity contribution is 0.00643. The normalized spacial score (nSPS) is 16.1. The second kappa shape index (κ2) is 28.8. The number of rotatable bonds is 30. The van der Waals surface area contributed by atoms with E-state index in [1.54, 1.807) is 0 Å². The first kappa shape index (κ1) is 37.7. The molecule has 0 bridgehead atoms. The molecule has 0 aromatic heterocycles.